The summed E-state index contributed by atoms with van der Waals surface area (Å²) >= 11 is 1.46. The number of urea groups is 1. The fourth-order valence-corrected chi connectivity index (χ4v) is 4.01. The SMILES string of the molecule is CCC1SCC(C(=O)O)N1C(=O)NCC(=O)N1CCCC1. The predicted molar refractivity (Wildman–Crippen MR) is 79.0 cm³/mol. The maximum absolute atomic E-state index is 12.2. The number of nitrogens with zero attached hydrogens (tertiary/aromatic N) is 2. The second-order valence-corrected chi connectivity index (χ2v) is 6.41. The molecular weight excluding hydrogens is 294 g/mol. The third-order valence-electron chi connectivity index (χ3n) is 3.81. The van der Waals surface area contributed by atoms with Crippen molar-refractivity contribution in [1.29, 1.82) is 0 Å². The van der Waals surface area contributed by atoms with Crippen LogP contribution in [0.5, 0.6) is 0 Å². The van der Waals surface area contributed by atoms with E-state index in [-0.39, 0.29) is 17.8 Å². The lowest BCUT2D eigenvalue weighted by molar-refractivity contribution is -0.141. The molecule has 0 aliphatic carbocycles. The summed E-state index contributed by atoms with van der Waals surface area (Å²) in [5, 5.41) is 11.6. The van der Waals surface area contributed by atoms with Gasteiger partial charge in [0.25, 0.3) is 0 Å². The van der Waals surface area contributed by atoms with E-state index < -0.39 is 18.0 Å². The quantitative estimate of drug-likeness (QED) is 0.791. The van der Waals surface area contributed by atoms with E-state index in [1.807, 2.05) is 6.92 Å². The van der Waals surface area contributed by atoms with Crippen molar-refractivity contribution in [2.24, 2.45) is 0 Å². The maximum Gasteiger partial charge on any atom is 0.327 e. The molecule has 0 radical (unpaired) electrons. The van der Waals surface area contributed by atoms with Crippen LogP contribution < -0.4 is 5.32 Å². The highest BCUT2D eigenvalue weighted by molar-refractivity contribution is 8.00. The van der Waals surface area contributed by atoms with Gasteiger partial charge in [0, 0.05) is 18.8 Å². The number of amides is 3. The van der Waals surface area contributed by atoms with Gasteiger partial charge in [-0.2, -0.15) is 0 Å². The van der Waals surface area contributed by atoms with E-state index in [1.165, 1.54) is 16.7 Å². The number of nitrogens with one attached hydrogen (secondary N) is 1. The highest BCUT2D eigenvalue weighted by Crippen LogP contribution is 2.31. The lowest BCUT2D eigenvalue weighted by Gasteiger charge is -2.27. The molecule has 21 heavy (non-hydrogen) atoms. The monoisotopic (exact) mass is 315 g/mol. The first kappa shape index (κ1) is 15.9. The van der Waals surface area contributed by atoms with Gasteiger partial charge in [0.15, 0.2) is 0 Å². The lowest BCUT2D eigenvalue weighted by atomic mass is 10.3. The summed E-state index contributed by atoms with van der Waals surface area (Å²) in [4.78, 5) is 38.4. The van der Waals surface area contributed by atoms with Gasteiger partial charge in [-0.15, -0.1) is 11.8 Å². The van der Waals surface area contributed by atoms with Crippen molar-refractivity contribution in [3.8, 4) is 0 Å². The molecule has 8 heteroatoms. The largest absolute Gasteiger partial charge is 0.480 e. The number of carbonyl (C=O) groups is 3. The summed E-state index contributed by atoms with van der Waals surface area (Å²) in [5.41, 5.74) is 0. The molecule has 0 spiro atoms. The molecule has 2 rings (SSSR count). The lowest BCUT2D eigenvalue weighted by Crippen LogP contribution is -2.51. The zero-order valence-corrected chi connectivity index (χ0v) is 12.9. The average Bonchev–Trinajstić information content (AvgIpc) is 3.12. The van der Waals surface area contributed by atoms with Gasteiger partial charge < -0.3 is 15.3 Å². The van der Waals surface area contributed by atoms with Crippen LogP contribution in [0.3, 0.4) is 0 Å². The number of thioether (sulfide) groups is 1. The van der Waals surface area contributed by atoms with Gasteiger partial charge in [-0.1, -0.05) is 6.92 Å². The molecule has 2 atom stereocenters. The Bertz CT molecular complexity index is 426. The smallest absolute Gasteiger partial charge is 0.327 e. The Balaban J connectivity index is 1.90. The Morgan fingerprint density at radius 2 is 1.95 bits per heavy atom. The normalized spacial score (nSPS) is 25.2. The van der Waals surface area contributed by atoms with Crippen molar-refractivity contribution in [1.82, 2.24) is 15.1 Å². The van der Waals surface area contributed by atoms with Gasteiger partial charge >= 0.3 is 12.0 Å². The number of carbonyl (C=O) groups excluding carboxylic acids is 2. The number of likely N-dealkylation sites (tertiary alicyclic amines) is 1. The molecule has 2 saturated heterocycles. The fourth-order valence-electron chi connectivity index (χ4n) is 2.66. The maximum atomic E-state index is 12.2. The Morgan fingerprint density at radius 3 is 2.52 bits per heavy atom. The molecule has 2 N–H and O–H groups in total. The molecule has 0 aromatic carbocycles. The molecule has 7 nitrogen and oxygen atoms in total. The van der Waals surface area contributed by atoms with Crippen LogP contribution in [0.15, 0.2) is 0 Å². The Kier molecular flexibility index (Phi) is 5.33. The molecule has 2 heterocycles. The minimum Gasteiger partial charge on any atom is -0.480 e. The van der Waals surface area contributed by atoms with E-state index in [0.29, 0.717) is 12.2 Å². The van der Waals surface area contributed by atoms with Gasteiger partial charge in [0.1, 0.15) is 6.04 Å². The van der Waals surface area contributed by atoms with Crippen molar-refractivity contribution in [2.75, 3.05) is 25.4 Å². The van der Waals surface area contributed by atoms with Crippen LogP contribution in [-0.2, 0) is 9.59 Å². The van der Waals surface area contributed by atoms with Crippen molar-refractivity contribution in [3.63, 3.8) is 0 Å². The molecule has 118 valence electrons. The summed E-state index contributed by atoms with van der Waals surface area (Å²) in [6.07, 6.45) is 2.69. The molecule has 0 bridgehead atoms. The van der Waals surface area contributed by atoms with Crippen LogP contribution in [-0.4, -0.2) is 69.6 Å². The second-order valence-electron chi connectivity index (χ2n) is 5.20. The molecular formula is C13H21N3O4S. The zero-order chi connectivity index (χ0) is 15.4. The highest BCUT2D eigenvalue weighted by Gasteiger charge is 2.40. The summed E-state index contributed by atoms with van der Waals surface area (Å²) in [6.45, 7) is 3.33. The summed E-state index contributed by atoms with van der Waals surface area (Å²) < 4.78 is 0. The van der Waals surface area contributed by atoms with Gasteiger partial charge in [0.2, 0.25) is 5.91 Å². The van der Waals surface area contributed by atoms with E-state index in [9.17, 15) is 19.5 Å². The van der Waals surface area contributed by atoms with Crippen LogP contribution in [0.4, 0.5) is 4.79 Å². The number of hydrogen-bond donors (Lipinski definition) is 2. The fraction of sp³-hybridized carbons (Fsp3) is 0.769. The van der Waals surface area contributed by atoms with E-state index in [4.69, 9.17) is 0 Å². The summed E-state index contributed by atoms with van der Waals surface area (Å²) in [6, 6.07) is -1.28. The predicted octanol–water partition coefficient (Wildman–Crippen LogP) is 0.557. The van der Waals surface area contributed by atoms with Crippen molar-refractivity contribution < 1.29 is 19.5 Å². The molecule has 0 saturated carbocycles. The summed E-state index contributed by atoms with van der Waals surface area (Å²) in [7, 11) is 0. The van der Waals surface area contributed by atoms with E-state index in [2.05, 4.69) is 5.32 Å². The first-order valence-corrected chi connectivity index (χ1v) is 8.27. The van der Waals surface area contributed by atoms with Gasteiger partial charge in [-0.3, -0.25) is 9.69 Å². The molecule has 0 aromatic heterocycles. The van der Waals surface area contributed by atoms with E-state index >= 15 is 0 Å². The van der Waals surface area contributed by atoms with Crippen LogP contribution >= 0.6 is 11.8 Å². The van der Waals surface area contributed by atoms with Crippen LogP contribution in [0.25, 0.3) is 0 Å². The number of carboxylic acid groups (broad SMARTS) is 1. The van der Waals surface area contributed by atoms with E-state index in [1.54, 1.807) is 4.90 Å². The van der Waals surface area contributed by atoms with Gasteiger partial charge in [0.05, 0.1) is 11.9 Å². The molecule has 2 unspecified atom stereocenters. The molecule has 2 aliphatic heterocycles. The Hall–Kier alpha value is -1.44. The molecule has 0 aromatic rings. The second kappa shape index (κ2) is 7.02. The minimum atomic E-state index is -1.00. The summed E-state index contributed by atoms with van der Waals surface area (Å²) in [5.74, 6) is -0.714. The van der Waals surface area contributed by atoms with Gasteiger partial charge in [-0.25, -0.2) is 9.59 Å². The van der Waals surface area contributed by atoms with Gasteiger partial charge in [-0.05, 0) is 19.3 Å². The number of carboxylic acids is 1. The average molecular weight is 315 g/mol. The van der Waals surface area contributed by atoms with Crippen LogP contribution in [0, 0.1) is 0 Å². The minimum absolute atomic E-state index is 0.0667. The van der Waals surface area contributed by atoms with Crippen molar-refractivity contribution in [2.45, 2.75) is 37.6 Å². The van der Waals surface area contributed by atoms with Crippen LogP contribution in [0.2, 0.25) is 0 Å². The Labute approximate surface area is 128 Å². The third-order valence-corrected chi connectivity index (χ3v) is 5.26. The molecule has 2 aliphatic rings. The van der Waals surface area contributed by atoms with Crippen LogP contribution in [0.1, 0.15) is 26.2 Å². The first-order valence-electron chi connectivity index (χ1n) is 7.23. The van der Waals surface area contributed by atoms with Crippen molar-refractivity contribution in [3.05, 3.63) is 0 Å². The van der Waals surface area contributed by atoms with Crippen molar-refractivity contribution >= 4 is 29.7 Å². The number of aliphatic carboxylic acids is 1. The van der Waals surface area contributed by atoms with E-state index in [0.717, 1.165) is 25.9 Å². The topological polar surface area (TPSA) is 90.0 Å². The first-order chi connectivity index (χ1) is 10.0. The molecule has 2 fully saturated rings. The molecule has 3 amide bonds. The zero-order valence-electron chi connectivity index (χ0n) is 12.1. The Morgan fingerprint density at radius 1 is 1.29 bits per heavy atom. The highest BCUT2D eigenvalue weighted by atomic mass is 32.2. The number of rotatable bonds is 4. The third kappa shape index (κ3) is 3.61. The standard InChI is InChI=1S/C13H21N3O4S/c1-2-11-16(9(8-21-11)12(18)19)13(20)14-7-10(17)15-5-3-4-6-15/h9,11H,2-8H2,1H3,(H,14,20)(H,18,19). The number of hydrogen-bond acceptors (Lipinski definition) is 4.